The van der Waals surface area contributed by atoms with E-state index in [0.29, 0.717) is 17.7 Å². The molecule has 0 spiro atoms. The van der Waals surface area contributed by atoms with Gasteiger partial charge in [-0.05, 0) is 60.4 Å². The van der Waals surface area contributed by atoms with Gasteiger partial charge >= 0.3 is 0 Å². The van der Waals surface area contributed by atoms with Crippen molar-refractivity contribution < 1.29 is 22.4 Å². The maximum Gasteiger partial charge on any atom is 0.243 e. The second-order valence-corrected chi connectivity index (χ2v) is 10.7. The van der Waals surface area contributed by atoms with Crippen molar-refractivity contribution in [2.75, 3.05) is 25.0 Å². The van der Waals surface area contributed by atoms with Crippen molar-refractivity contribution in [3.63, 3.8) is 0 Å². The van der Waals surface area contributed by atoms with E-state index in [0.717, 1.165) is 35.8 Å². The molecule has 0 radical (unpaired) electrons. The molecule has 1 aliphatic rings. The number of halogens is 1. The van der Waals surface area contributed by atoms with Gasteiger partial charge in [-0.3, -0.25) is 9.59 Å². The van der Waals surface area contributed by atoms with Crippen LogP contribution in [0.15, 0.2) is 83.8 Å². The molecule has 4 rings (SSSR count). The third-order valence-corrected chi connectivity index (χ3v) is 7.83. The highest BCUT2D eigenvalue weighted by molar-refractivity contribution is 7.89. The first-order valence-electron chi connectivity index (χ1n) is 11.8. The topological polar surface area (TPSA) is 86.8 Å². The zero-order valence-electron chi connectivity index (χ0n) is 19.8. The van der Waals surface area contributed by atoms with Crippen molar-refractivity contribution in [2.45, 2.75) is 30.7 Å². The molecule has 0 unspecified atom stereocenters. The van der Waals surface area contributed by atoms with E-state index in [4.69, 9.17) is 0 Å². The molecule has 1 aliphatic heterocycles. The number of anilines is 1. The maximum absolute atomic E-state index is 13.3. The molecule has 188 valence electrons. The summed E-state index contributed by atoms with van der Waals surface area (Å²) in [7, 11) is -3.99. The zero-order chi connectivity index (χ0) is 25.5. The number of likely N-dealkylation sites (tertiary alicyclic amines) is 1. The predicted octanol–water partition coefficient (Wildman–Crippen LogP) is 3.82. The van der Waals surface area contributed by atoms with Crippen molar-refractivity contribution in [1.29, 1.82) is 0 Å². The summed E-state index contributed by atoms with van der Waals surface area (Å²) in [6.07, 6.45) is 2.37. The smallest absolute Gasteiger partial charge is 0.243 e. The molecule has 1 fully saturated rings. The molecule has 0 aromatic heterocycles. The molecule has 3 aromatic rings. The lowest BCUT2D eigenvalue weighted by molar-refractivity contribution is -0.129. The highest BCUT2D eigenvalue weighted by Gasteiger charge is 2.27. The fourth-order valence-corrected chi connectivity index (χ4v) is 5.49. The summed E-state index contributed by atoms with van der Waals surface area (Å²) < 4.78 is 41.0. The van der Waals surface area contributed by atoms with Crippen LogP contribution in [0.1, 0.15) is 24.0 Å². The van der Waals surface area contributed by atoms with Gasteiger partial charge < -0.3 is 10.2 Å². The van der Waals surface area contributed by atoms with Crippen LogP contribution in [0.2, 0.25) is 0 Å². The van der Waals surface area contributed by atoms with Crippen molar-refractivity contribution >= 4 is 27.5 Å². The fourth-order valence-electron chi connectivity index (χ4n) is 4.08. The summed E-state index contributed by atoms with van der Waals surface area (Å²) in [5.74, 6) is -0.858. The normalized spacial score (nSPS) is 13.7. The third-order valence-electron chi connectivity index (χ3n) is 6.02. The Kier molecular flexibility index (Phi) is 8.12. The number of nitrogens with zero attached hydrogens (tertiary/aromatic N) is 2. The lowest BCUT2D eigenvalue weighted by atomic mass is 10.1. The number of sulfonamides is 1. The monoisotopic (exact) mass is 509 g/mol. The number of hydrogen-bond acceptors (Lipinski definition) is 4. The van der Waals surface area contributed by atoms with Crippen molar-refractivity contribution in [3.05, 3.63) is 95.8 Å². The van der Waals surface area contributed by atoms with Gasteiger partial charge in [-0.15, -0.1) is 0 Å². The zero-order valence-corrected chi connectivity index (χ0v) is 20.6. The van der Waals surface area contributed by atoms with Gasteiger partial charge in [0.05, 0.1) is 17.9 Å². The van der Waals surface area contributed by atoms with E-state index in [2.05, 4.69) is 5.32 Å². The largest absolute Gasteiger partial charge is 0.342 e. The molecule has 1 heterocycles. The first kappa shape index (κ1) is 25.5. The fraction of sp³-hybridized carbons (Fsp3) is 0.259. The number of benzene rings is 3. The second-order valence-electron chi connectivity index (χ2n) is 8.72. The Morgan fingerprint density at radius 3 is 2.11 bits per heavy atom. The van der Waals surface area contributed by atoms with E-state index in [1.807, 2.05) is 4.90 Å². The second kappa shape index (κ2) is 11.5. The van der Waals surface area contributed by atoms with Gasteiger partial charge in [-0.1, -0.05) is 42.5 Å². The van der Waals surface area contributed by atoms with Crippen LogP contribution in [-0.4, -0.2) is 49.1 Å². The van der Waals surface area contributed by atoms with Gasteiger partial charge in [0.15, 0.2) is 0 Å². The standard InChI is InChI=1S/C27H28FN3O4S/c28-23-12-8-22(9-13-23)19-31(36(34,35)25-6-2-1-3-7-25)20-26(32)29-24-14-10-21(11-15-24)18-27(33)30-16-4-5-17-30/h1-3,6-15H,4-5,16-20H2,(H,29,32). The first-order valence-corrected chi connectivity index (χ1v) is 13.2. The number of hydrogen-bond donors (Lipinski definition) is 1. The molecule has 0 bridgehead atoms. The maximum atomic E-state index is 13.3. The minimum atomic E-state index is -3.99. The summed E-state index contributed by atoms with van der Waals surface area (Å²) in [6, 6.07) is 20.3. The molecule has 1 N–H and O–H groups in total. The van der Waals surface area contributed by atoms with Crippen molar-refractivity contribution in [1.82, 2.24) is 9.21 Å². The Bertz CT molecular complexity index is 1290. The van der Waals surface area contributed by atoms with Crippen molar-refractivity contribution in [3.8, 4) is 0 Å². The summed E-state index contributed by atoms with van der Waals surface area (Å²) in [4.78, 5) is 27.1. The molecule has 0 saturated carbocycles. The van der Waals surface area contributed by atoms with Gasteiger partial charge in [0.2, 0.25) is 21.8 Å². The van der Waals surface area contributed by atoms with Crippen LogP contribution in [0, 0.1) is 5.82 Å². The average molecular weight is 510 g/mol. The van der Waals surface area contributed by atoms with Crippen molar-refractivity contribution in [2.24, 2.45) is 0 Å². The molecule has 0 atom stereocenters. The van der Waals surface area contributed by atoms with Crippen LogP contribution in [0.3, 0.4) is 0 Å². The highest BCUT2D eigenvalue weighted by Crippen LogP contribution is 2.19. The molecule has 0 aliphatic carbocycles. The number of amides is 2. The SMILES string of the molecule is O=C(CN(Cc1ccc(F)cc1)S(=O)(=O)c1ccccc1)Nc1ccc(CC(=O)N2CCCC2)cc1. The molecule has 9 heteroatoms. The van der Waals surface area contributed by atoms with E-state index in [1.54, 1.807) is 42.5 Å². The lowest BCUT2D eigenvalue weighted by Gasteiger charge is -2.22. The number of carbonyl (C=O) groups is 2. The Hall–Kier alpha value is -3.56. The van der Waals surface area contributed by atoms with Crippen LogP contribution in [0.25, 0.3) is 0 Å². The van der Waals surface area contributed by atoms with Crippen LogP contribution < -0.4 is 5.32 Å². The van der Waals surface area contributed by atoms with Crippen LogP contribution >= 0.6 is 0 Å². The van der Waals surface area contributed by atoms with E-state index >= 15 is 0 Å². The average Bonchev–Trinajstić information content (AvgIpc) is 3.42. The Morgan fingerprint density at radius 1 is 0.861 bits per heavy atom. The Labute approximate surface area is 210 Å². The quantitative estimate of drug-likeness (QED) is 0.475. The van der Waals surface area contributed by atoms with E-state index < -0.39 is 28.3 Å². The molecular formula is C27H28FN3O4S. The first-order chi connectivity index (χ1) is 17.3. The predicted molar refractivity (Wildman–Crippen MR) is 135 cm³/mol. The number of nitrogens with one attached hydrogen (secondary N) is 1. The summed E-state index contributed by atoms with van der Waals surface area (Å²) >= 11 is 0. The molecule has 3 aromatic carbocycles. The number of rotatable bonds is 9. The van der Waals surface area contributed by atoms with E-state index in [9.17, 15) is 22.4 Å². The molecule has 7 nitrogen and oxygen atoms in total. The van der Waals surface area contributed by atoms with E-state index in [-0.39, 0.29) is 17.3 Å². The Balaban J connectivity index is 1.44. The Morgan fingerprint density at radius 2 is 1.47 bits per heavy atom. The summed E-state index contributed by atoms with van der Waals surface area (Å²) in [5.41, 5.74) is 1.89. The van der Waals surface area contributed by atoms with Crippen LogP contribution in [-0.2, 0) is 32.6 Å². The molecular weight excluding hydrogens is 481 g/mol. The third kappa shape index (κ3) is 6.56. The van der Waals surface area contributed by atoms with E-state index in [1.165, 1.54) is 36.4 Å². The van der Waals surface area contributed by atoms with Gasteiger partial charge in [0.25, 0.3) is 0 Å². The summed E-state index contributed by atoms with van der Waals surface area (Å²) in [5, 5.41) is 2.73. The van der Waals surface area contributed by atoms with Crippen LogP contribution in [0.4, 0.5) is 10.1 Å². The minimum Gasteiger partial charge on any atom is -0.342 e. The van der Waals surface area contributed by atoms with Crippen LogP contribution in [0.5, 0.6) is 0 Å². The van der Waals surface area contributed by atoms with Gasteiger partial charge in [-0.25, -0.2) is 12.8 Å². The minimum absolute atomic E-state index is 0.0620. The van der Waals surface area contributed by atoms with Gasteiger partial charge in [0.1, 0.15) is 5.82 Å². The van der Waals surface area contributed by atoms with Gasteiger partial charge in [-0.2, -0.15) is 4.31 Å². The number of carbonyl (C=O) groups excluding carboxylic acids is 2. The lowest BCUT2D eigenvalue weighted by Crippen LogP contribution is -2.37. The highest BCUT2D eigenvalue weighted by atomic mass is 32.2. The van der Waals surface area contributed by atoms with Gasteiger partial charge in [0, 0.05) is 25.3 Å². The summed E-state index contributed by atoms with van der Waals surface area (Å²) in [6.45, 7) is 1.08. The molecule has 36 heavy (non-hydrogen) atoms. The molecule has 2 amide bonds. The molecule has 1 saturated heterocycles.